The average molecular weight is 481 g/mol. The van der Waals surface area contributed by atoms with Crippen molar-refractivity contribution in [1.29, 1.82) is 0 Å². The Morgan fingerprint density at radius 3 is 2.32 bits per heavy atom. The third-order valence-corrected chi connectivity index (χ3v) is 7.72. The number of carbonyl (C=O) groups excluding carboxylic acids is 1. The van der Waals surface area contributed by atoms with Gasteiger partial charge in [0.2, 0.25) is 0 Å². The molecule has 1 saturated heterocycles. The van der Waals surface area contributed by atoms with Crippen molar-refractivity contribution < 1.29 is 23.1 Å². The topological polar surface area (TPSA) is 87.2 Å². The van der Waals surface area contributed by atoms with Gasteiger partial charge in [0.05, 0.1) is 30.3 Å². The number of aliphatic hydroxyl groups excluding tert-OH is 1. The van der Waals surface area contributed by atoms with E-state index in [4.69, 9.17) is 4.74 Å². The van der Waals surface area contributed by atoms with Gasteiger partial charge in [0, 0.05) is 18.7 Å². The molecule has 3 aromatic carbocycles. The van der Waals surface area contributed by atoms with Gasteiger partial charge in [0.25, 0.3) is 15.9 Å². The maximum atomic E-state index is 13.8. The highest BCUT2D eigenvalue weighted by Gasteiger charge is 2.28. The van der Waals surface area contributed by atoms with Crippen LogP contribution in [-0.2, 0) is 16.6 Å². The van der Waals surface area contributed by atoms with Crippen LogP contribution in [0.2, 0.25) is 0 Å². The molecule has 3 aromatic rings. The van der Waals surface area contributed by atoms with Crippen LogP contribution in [-0.4, -0.2) is 50.6 Å². The molecule has 34 heavy (non-hydrogen) atoms. The standard InChI is InChI=1S/C26H28N2O5S/c1-33-24-12-10-22(11-13-24)28(19-20-6-3-2-4-7-20)34(31,32)25-9-5-8-21(18-25)26(30)27-16-14-23(29)15-17-27/h2-13,18,23,29H,14-17,19H2,1H3. The summed E-state index contributed by atoms with van der Waals surface area (Å²) in [5.41, 5.74) is 1.64. The number of ether oxygens (including phenoxy) is 1. The SMILES string of the molecule is COc1ccc(N(Cc2ccccc2)S(=O)(=O)c2cccc(C(=O)N3CCC(O)CC3)c2)cc1. The third kappa shape index (κ3) is 5.24. The van der Waals surface area contributed by atoms with E-state index < -0.39 is 16.1 Å². The highest BCUT2D eigenvalue weighted by molar-refractivity contribution is 7.92. The number of hydrogen-bond acceptors (Lipinski definition) is 5. The Kier molecular flexibility index (Phi) is 7.19. The van der Waals surface area contributed by atoms with Gasteiger partial charge in [0.1, 0.15) is 5.75 Å². The summed E-state index contributed by atoms with van der Waals surface area (Å²) in [5.74, 6) is 0.392. The van der Waals surface area contributed by atoms with Gasteiger partial charge >= 0.3 is 0 Å². The molecule has 0 spiro atoms. The van der Waals surface area contributed by atoms with E-state index in [1.54, 1.807) is 48.4 Å². The van der Waals surface area contributed by atoms with Gasteiger partial charge in [0.15, 0.2) is 0 Å². The Balaban J connectivity index is 1.68. The lowest BCUT2D eigenvalue weighted by atomic mass is 10.1. The number of carbonyl (C=O) groups is 1. The molecule has 0 bridgehead atoms. The van der Waals surface area contributed by atoms with Gasteiger partial charge in [-0.15, -0.1) is 0 Å². The maximum absolute atomic E-state index is 13.8. The minimum absolute atomic E-state index is 0.0437. The van der Waals surface area contributed by atoms with Crippen LogP contribution in [0.3, 0.4) is 0 Å². The first kappa shape index (κ1) is 23.8. The predicted molar refractivity (Wildman–Crippen MR) is 130 cm³/mol. The first-order valence-electron chi connectivity index (χ1n) is 11.2. The number of piperidine rings is 1. The normalized spacial score (nSPS) is 14.6. The Labute approximate surface area is 200 Å². The molecule has 1 fully saturated rings. The first-order valence-corrected chi connectivity index (χ1v) is 12.6. The summed E-state index contributed by atoms with van der Waals surface area (Å²) in [6, 6.07) is 22.3. The summed E-state index contributed by atoms with van der Waals surface area (Å²) in [5, 5.41) is 9.72. The minimum atomic E-state index is -3.99. The Hall–Kier alpha value is -3.36. The van der Waals surface area contributed by atoms with Crippen molar-refractivity contribution in [3.05, 3.63) is 90.0 Å². The predicted octanol–water partition coefficient (Wildman–Crippen LogP) is 3.69. The summed E-state index contributed by atoms with van der Waals surface area (Å²) in [6.45, 7) is 1.03. The summed E-state index contributed by atoms with van der Waals surface area (Å²) in [6.07, 6.45) is 0.643. The molecular weight excluding hydrogens is 452 g/mol. The van der Waals surface area contributed by atoms with E-state index in [9.17, 15) is 18.3 Å². The van der Waals surface area contributed by atoms with E-state index >= 15 is 0 Å². The van der Waals surface area contributed by atoms with Crippen LogP contribution < -0.4 is 9.04 Å². The molecule has 1 amide bonds. The molecule has 0 unspecified atom stereocenters. The zero-order chi connectivity index (χ0) is 24.1. The number of aliphatic hydroxyl groups is 1. The molecule has 1 heterocycles. The van der Waals surface area contributed by atoms with Crippen molar-refractivity contribution in [3.8, 4) is 5.75 Å². The molecule has 0 radical (unpaired) electrons. The highest BCUT2D eigenvalue weighted by Crippen LogP contribution is 2.28. The fourth-order valence-electron chi connectivity index (χ4n) is 3.98. The number of methoxy groups -OCH3 is 1. The number of likely N-dealkylation sites (tertiary alicyclic amines) is 1. The quantitative estimate of drug-likeness (QED) is 0.557. The van der Waals surface area contributed by atoms with Crippen LogP contribution in [0.4, 0.5) is 5.69 Å². The Morgan fingerprint density at radius 2 is 1.68 bits per heavy atom. The second-order valence-corrected chi connectivity index (χ2v) is 10.1. The van der Waals surface area contributed by atoms with Gasteiger partial charge in [-0.25, -0.2) is 8.42 Å². The molecule has 1 N–H and O–H groups in total. The molecule has 1 aliphatic heterocycles. The van der Waals surface area contributed by atoms with Crippen LogP contribution >= 0.6 is 0 Å². The zero-order valence-electron chi connectivity index (χ0n) is 19.0. The number of rotatable bonds is 7. The highest BCUT2D eigenvalue weighted by atomic mass is 32.2. The molecule has 4 rings (SSSR count). The maximum Gasteiger partial charge on any atom is 0.264 e. The van der Waals surface area contributed by atoms with Crippen molar-refractivity contribution in [2.45, 2.75) is 30.4 Å². The van der Waals surface area contributed by atoms with Crippen LogP contribution in [0.5, 0.6) is 5.75 Å². The number of amides is 1. The van der Waals surface area contributed by atoms with Crippen molar-refractivity contribution in [3.63, 3.8) is 0 Å². The molecule has 0 saturated carbocycles. The lowest BCUT2D eigenvalue weighted by Crippen LogP contribution is -2.40. The van der Waals surface area contributed by atoms with E-state index in [0.717, 1.165) is 5.56 Å². The first-order chi connectivity index (χ1) is 16.4. The van der Waals surface area contributed by atoms with Crippen LogP contribution in [0, 0.1) is 0 Å². The Morgan fingerprint density at radius 1 is 1.00 bits per heavy atom. The van der Waals surface area contributed by atoms with Gasteiger partial charge in [-0.1, -0.05) is 36.4 Å². The molecule has 8 heteroatoms. The van der Waals surface area contributed by atoms with E-state index in [2.05, 4.69) is 0 Å². The van der Waals surface area contributed by atoms with Crippen molar-refractivity contribution in [2.75, 3.05) is 24.5 Å². The van der Waals surface area contributed by atoms with Gasteiger partial charge < -0.3 is 14.7 Å². The molecular formula is C26H28N2O5S. The summed E-state index contributed by atoms with van der Waals surface area (Å²) >= 11 is 0. The number of nitrogens with zero attached hydrogens (tertiary/aromatic N) is 2. The van der Waals surface area contributed by atoms with Crippen molar-refractivity contribution in [1.82, 2.24) is 4.90 Å². The van der Waals surface area contributed by atoms with Crippen LogP contribution in [0.1, 0.15) is 28.8 Å². The smallest absolute Gasteiger partial charge is 0.264 e. The lowest BCUT2D eigenvalue weighted by molar-refractivity contribution is 0.0546. The Bertz CT molecular complexity index is 1220. The third-order valence-electron chi connectivity index (χ3n) is 5.95. The van der Waals surface area contributed by atoms with E-state index in [-0.39, 0.29) is 17.3 Å². The number of hydrogen-bond donors (Lipinski definition) is 1. The fourth-order valence-corrected chi connectivity index (χ4v) is 5.48. The summed E-state index contributed by atoms with van der Waals surface area (Å²) < 4.78 is 34.2. The van der Waals surface area contributed by atoms with Gasteiger partial charge in [-0.3, -0.25) is 9.10 Å². The number of benzene rings is 3. The second kappa shape index (κ2) is 10.3. The summed E-state index contributed by atoms with van der Waals surface area (Å²) in [7, 11) is -2.43. The number of anilines is 1. The van der Waals surface area contributed by atoms with Gasteiger partial charge in [-0.05, 0) is 60.9 Å². The van der Waals surface area contributed by atoms with Crippen LogP contribution in [0.15, 0.2) is 83.8 Å². The van der Waals surface area contributed by atoms with E-state index in [1.807, 2.05) is 30.3 Å². The fraction of sp³-hybridized carbons (Fsp3) is 0.269. The van der Waals surface area contributed by atoms with E-state index in [0.29, 0.717) is 42.9 Å². The largest absolute Gasteiger partial charge is 0.497 e. The van der Waals surface area contributed by atoms with Crippen LogP contribution in [0.25, 0.3) is 0 Å². The summed E-state index contributed by atoms with van der Waals surface area (Å²) in [4.78, 5) is 14.7. The average Bonchev–Trinajstić information content (AvgIpc) is 2.88. The molecule has 178 valence electrons. The molecule has 7 nitrogen and oxygen atoms in total. The molecule has 1 aliphatic rings. The van der Waals surface area contributed by atoms with Gasteiger partial charge in [-0.2, -0.15) is 0 Å². The molecule has 0 atom stereocenters. The lowest BCUT2D eigenvalue weighted by Gasteiger charge is -2.30. The molecule has 0 aromatic heterocycles. The molecule has 0 aliphatic carbocycles. The number of sulfonamides is 1. The second-order valence-electron chi connectivity index (χ2n) is 8.25. The zero-order valence-corrected chi connectivity index (χ0v) is 19.8. The van der Waals surface area contributed by atoms with Crippen molar-refractivity contribution >= 4 is 21.6 Å². The minimum Gasteiger partial charge on any atom is -0.497 e. The van der Waals surface area contributed by atoms with Crippen molar-refractivity contribution in [2.24, 2.45) is 0 Å². The monoisotopic (exact) mass is 480 g/mol. The van der Waals surface area contributed by atoms with E-state index in [1.165, 1.54) is 16.4 Å².